The minimum absolute atomic E-state index is 0.493. The van der Waals surface area contributed by atoms with Gasteiger partial charge < -0.3 is 0 Å². The zero-order valence-corrected chi connectivity index (χ0v) is 9.05. The molecule has 0 unspecified atom stereocenters. The van der Waals surface area contributed by atoms with Crippen LogP contribution in [0.5, 0.6) is 0 Å². The Bertz CT molecular complexity index is 410. The molecule has 1 fully saturated rings. The van der Waals surface area contributed by atoms with Crippen LogP contribution in [0.2, 0.25) is 0 Å². The molecule has 0 aromatic carbocycles. The summed E-state index contributed by atoms with van der Waals surface area (Å²) in [5, 5.41) is 0. The molecular formula is C7H3F11N2. The third-order valence-corrected chi connectivity index (χ3v) is 2.48. The molecule has 0 atom stereocenters. The summed E-state index contributed by atoms with van der Waals surface area (Å²) in [6.45, 7) is 0. The van der Waals surface area contributed by atoms with Gasteiger partial charge >= 0.3 is 30.3 Å². The minimum Gasteiger partial charge on any atom is -0.210 e. The van der Waals surface area contributed by atoms with Crippen LogP contribution in [0.1, 0.15) is 0 Å². The van der Waals surface area contributed by atoms with Gasteiger partial charge in [0.15, 0.2) is 0 Å². The number of alkyl halides is 8. The lowest BCUT2D eigenvalue weighted by molar-refractivity contribution is -0.498. The van der Waals surface area contributed by atoms with Gasteiger partial charge in [-0.15, -0.1) is 0 Å². The number of piperazine rings is 1. The van der Waals surface area contributed by atoms with Crippen LogP contribution in [0, 0.1) is 0 Å². The van der Waals surface area contributed by atoms with E-state index in [4.69, 9.17) is 0 Å². The fourth-order valence-corrected chi connectivity index (χ4v) is 1.36. The largest absolute Gasteiger partial charge is 0.410 e. The molecule has 2 nitrogen and oxygen atoms in total. The van der Waals surface area contributed by atoms with E-state index in [1.807, 2.05) is 0 Å². The summed E-state index contributed by atoms with van der Waals surface area (Å²) in [4.78, 5) is -4.94. The number of rotatable bonds is 1. The van der Waals surface area contributed by atoms with Crippen molar-refractivity contribution >= 4 is 0 Å². The van der Waals surface area contributed by atoms with Crippen LogP contribution >= 0.6 is 0 Å². The summed E-state index contributed by atoms with van der Waals surface area (Å²) in [6.07, 6.45) is -3.89. The van der Waals surface area contributed by atoms with Gasteiger partial charge in [-0.25, -0.2) is 4.90 Å². The van der Waals surface area contributed by atoms with E-state index in [1.54, 1.807) is 0 Å². The quantitative estimate of drug-likeness (QED) is 0.537. The summed E-state index contributed by atoms with van der Waals surface area (Å²) in [6, 6.07) is -24.8. The zero-order valence-electron chi connectivity index (χ0n) is 9.05. The SMILES string of the molecule is CN1C(F)(F)C(F)(F)N(C(F)=C(F)F)C(F)(F)C1(F)F. The highest BCUT2D eigenvalue weighted by Gasteiger charge is 2.85. The molecule has 1 aliphatic heterocycles. The highest BCUT2D eigenvalue weighted by atomic mass is 19.3. The topological polar surface area (TPSA) is 6.48 Å². The summed E-state index contributed by atoms with van der Waals surface area (Å²) in [5.41, 5.74) is 0. The fraction of sp³-hybridized carbons (Fsp3) is 0.714. The number of halogens is 11. The standard InChI is InChI=1S/C7H3F11N2/c1-19-4(11,12)6(15,16)20(3(10)2(8)9)7(17,18)5(19,13)14/h1H3. The number of hydrogen-bond acceptors (Lipinski definition) is 2. The maximum Gasteiger partial charge on any atom is 0.410 e. The first-order valence-corrected chi connectivity index (χ1v) is 4.39. The van der Waals surface area contributed by atoms with Gasteiger partial charge in [0.25, 0.3) is 5.95 Å². The molecule has 0 bridgehead atoms. The molecule has 1 heterocycles. The third-order valence-electron chi connectivity index (χ3n) is 2.48. The Balaban J connectivity index is 3.66. The fourth-order valence-electron chi connectivity index (χ4n) is 1.36. The van der Waals surface area contributed by atoms with Crippen LogP contribution in [0.15, 0.2) is 12.0 Å². The van der Waals surface area contributed by atoms with Crippen molar-refractivity contribution in [3.63, 3.8) is 0 Å². The monoisotopic (exact) mass is 324 g/mol. The van der Waals surface area contributed by atoms with Gasteiger partial charge in [0.1, 0.15) is 0 Å². The van der Waals surface area contributed by atoms with Gasteiger partial charge in [-0.05, 0) is 7.05 Å². The summed E-state index contributed by atoms with van der Waals surface area (Å²) in [5.74, 6) is -3.88. The second-order valence-electron chi connectivity index (χ2n) is 3.61. The molecule has 0 aromatic rings. The first-order chi connectivity index (χ1) is 8.63. The van der Waals surface area contributed by atoms with E-state index in [0.29, 0.717) is 0 Å². The van der Waals surface area contributed by atoms with Crippen molar-refractivity contribution < 1.29 is 48.3 Å². The van der Waals surface area contributed by atoms with Gasteiger partial charge in [0.05, 0.1) is 0 Å². The highest BCUT2D eigenvalue weighted by Crippen LogP contribution is 2.58. The van der Waals surface area contributed by atoms with Gasteiger partial charge in [0.2, 0.25) is 0 Å². The molecule has 0 aromatic heterocycles. The Morgan fingerprint density at radius 1 is 0.650 bits per heavy atom. The molecule has 0 amide bonds. The summed E-state index contributed by atoms with van der Waals surface area (Å²) >= 11 is 0. The van der Waals surface area contributed by atoms with Crippen molar-refractivity contribution in [2.75, 3.05) is 7.05 Å². The van der Waals surface area contributed by atoms with E-state index in [0.717, 1.165) is 0 Å². The van der Waals surface area contributed by atoms with Gasteiger partial charge in [-0.2, -0.15) is 53.2 Å². The Morgan fingerprint density at radius 2 is 0.950 bits per heavy atom. The molecule has 0 saturated carbocycles. The molecule has 0 aliphatic carbocycles. The first-order valence-electron chi connectivity index (χ1n) is 4.39. The second-order valence-corrected chi connectivity index (χ2v) is 3.61. The van der Waals surface area contributed by atoms with Crippen LogP contribution in [-0.4, -0.2) is 41.0 Å². The van der Waals surface area contributed by atoms with Gasteiger partial charge in [0, 0.05) is 0 Å². The lowest BCUT2D eigenvalue weighted by Gasteiger charge is -2.51. The van der Waals surface area contributed by atoms with E-state index >= 15 is 0 Å². The van der Waals surface area contributed by atoms with Crippen LogP contribution < -0.4 is 0 Å². The predicted molar refractivity (Wildman–Crippen MR) is 39.7 cm³/mol. The Hall–Kier alpha value is -1.27. The van der Waals surface area contributed by atoms with Crippen molar-refractivity contribution in [1.82, 2.24) is 9.80 Å². The molecule has 1 saturated heterocycles. The van der Waals surface area contributed by atoms with Gasteiger partial charge in [-0.3, -0.25) is 0 Å². The lowest BCUT2D eigenvalue weighted by Crippen LogP contribution is -2.79. The van der Waals surface area contributed by atoms with E-state index in [9.17, 15) is 48.3 Å². The molecule has 0 spiro atoms. The third kappa shape index (κ3) is 1.74. The summed E-state index contributed by atoms with van der Waals surface area (Å²) in [7, 11) is -0.493. The zero-order chi connectivity index (χ0) is 16.3. The molecule has 1 rings (SSSR count). The molecular weight excluding hydrogens is 321 g/mol. The number of hydrogen-bond donors (Lipinski definition) is 0. The van der Waals surface area contributed by atoms with E-state index in [1.165, 1.54) is 0 Å². The minimum atomic E-state index is -6.36. The van der Waals surface area contributed by atoms with Crippen molar-refractivity contribution in [3.05, 3.63) is 12.0 Å². The number of likely N-dealkylation sites (N-methyl/N-ethyl adjacent to an activating group) is 1. The molecule has 1 aliphatic rings. The maximum atomic E-state index is 13.1. The molecule has 20 heavy (non-hydrogen) atoms. The Kier molecular flexibility index (Phi) is 3.45. The van der Waals surface area contributed by atoms with Crippen LogP contribution in [-0.2, 0) is 0 Å². The molecule has 13 heteroatoms. The van der Waals surface area contributed by atoms with E-state index in [2.05, 4.69) is 0 Å². The molecule has 0 N–H and O–H groups in total. The normalized spacial score (nSPS) is 27.3. The van der Waals surface area contributed by atoms with Crippen LogP contribution in [0.4, 0.5) is 48.3 Å². The maximum absolute atomic E-state index is 13.1. The van der Waals surface area contributed by atoms with Crippen LogP contribution in [0.25, 0.3) is 0 Å². The highest BCUT2D eigenvalue weighted by molar-refractivity contribution is 5.09. The first kappa shape index (κ1) is 16.8. The van der Waals surface area contributed by atoms with Crippen molar-refractivity contribution in [2.45, 2.75) is 24.2 Å². The Morgan fingerprint density at radius 3 is 1.20 bits per heavy atom. The second kappa shape index (κ2) is 4.11. The van der Waals surface area contributed by atoms with E-state index in [-0.39, 0.29) is 0 Å². The van der Waals surface area contributed by atoms with Crippen LogP contribution in [0.3, 0.4) is 0 Å². The average Bonchev–Trinajstić information content (AvgIpc) is 2.25. The average molecular weight is 324 g/mol. The van der Waals surface area contributed by atoms with Crippen molar-refractivity contribution in [1.29, 1.82) is 0 Å². The Labute approximate surface area is 103 Å². The van der Waals surface area contributed by atoms with Crippen molar-refractivity contribution in [3.8, 4) is 0 Å². The predicted octanol–water partition coefficient (Wildman–Crippen LogP) is 3.64. The molecule has 0 radical (unpaired) electrons. The number of nitrogens with zero attached hydrogens (tertiary/aromatic N) is 2. The van der Waals surface area contributed by atoms with Crippen molar-refractivity contribution in [2.24, 2.45) is 0 Å². The molecule has 118 valence electrons. The lowest BCUT2D eigenvalue weighted by atomic mass is 10.2. The van der Waals surface area contributed by atoms with E-state index < -0.39 is 53.1 Å². The smallest absolute Gasteiger partial charge is 0.210 e. The van der Waals surface area contributed by atoms with Gasteiger partial charge in [-0.1, -0.05) is 0 Å². The summed E-state index contributed by atoms with van der Waals surface area (Å²) < 4.78 is 140.